The zero-order valence-electron chi connectivity index (χ0n) is 17.3. The van der Waals surface area contributed by atoms with Gasteiger partial charge in [-0.1, -0.05) is 79.4 Å². The average molecular weight is 405 g/mol. The van der Waals surface area contributed by atoms with Gasteiger partial charge in [-0.15, -0.1) is 0 Å². The van der Waals surface area contributed by atoms with Gasteiger partial charge in [0.15, 0.2) is 0 Å². The molecule has 0 spiro atoms. The zero-order chi connectivity index (χ0) is 21.6. The maximum Gasteiger partial charge on any atom is 0.134 e. The predicted molar refractivity (Wildman–Crippen MR) is 130 cm³/mol. The number of benzene rings is 2. The largest absolute Gasteiger partial charge is 0.460 e. The molecular formula is C28H24N2O. The van der Waals surface area contributed by atoms with E-state index >= 15 is 0 Å². The van der Waals surface area contributed by atoms with E-state index in [1.54, 1.807) is 6.08 Å². The fraction of sp³-hybridized carbons (Fsp3) is 0.0714. The Balaban J connectivity index is 1.67. The highest BCUT2D eigenvalue weighted by Crippen LogP contribution is 2.34. The first-order valence-electron chi connectivity index (χ1n) is 10.2. The molecule has 1 aliphatic carbocycles. The molecule has 0 fully saturated rings. The van der Waals surface area contributed by atoms with Crippen LogP contribution in [0.15, 0.2) is 120 Å². The Kier molecular flexibility index (Phi) is 6.04. The van der Waals surface area contributed by atoms with Crippen LogP contribution in [0.3, 0.4) is 0 Å². The number of nitrogens with zero attached hydrogens (tertiary/aromatic N) is 1. The third kappa shape index (κ3) is 4.62. The van der Waals surface area contributed by atoms with E-state index in [0.717, 1.165) is 40.2 Å². The molecule has 3 heteroatoms. The lowest BCUT2D eigenvalue weighted by Crippen LogP contribution is -2.11. The molecule has 152 valence electrons. The SMILES string of the molecule is C=N/C(=C\C(=N)c1ccccc1)c1cccc(/C2=C/C=C\C(=C)C3CC=CC=C3O2)c1. The molecule has 3 nitrogen and oxygen atoms in total. The van der Waals surface area contributed by atoms with E-state index < -0.39 is 0 Å². The Bertz CT molecular complexity index is 1180. The summed E-state index contributed by atoms with van der Waals surface area (Å²) in [6.07, 6.45) is 14.8. The molecular weight excluding hydrogens is 380 g/mol. The molecule has 2 aromatic carbocycles. The Morgan fingerprint density at radius 3 is 2.65 bits per heavy atom. The normalized spacial score (nSPS) is 20.8. The fourth-order valence-electron chi connectivity index (χ4n) is 3.63. The number of aliphatic imine (C=N–C) groups is 1. The maximum absolute atomic E-state index is 8.40. The lowest BCUT2D eigenvalue weighted by atomic mass is 9.90. The minimum Gasteiger partial charge on any atom is -0.460 e. The zero-order valence-corrected chi connectivity index (χ0v) is 17.3. The van der Waals surface area contributed by atoms with Gasteiger partial charge in [0.2, 0.25) is 0 Å². The van der Waals surface area contributed by atoms with Gasteiger partial charge in [-0.05, 0) is 48.6 Å². The molecule has 31 heavy (non-hydrogen) atoms. The van der Waals surface area contributed by atoms with Gasteiger partial charge < -0.3 is 10.1 Å². The van der Waals surface area contributed by atoms with E-state index in [9.17, 15) is 0 Å². The predicted octanol–water partition coefficient (Wildman–Crippen LogP) is 6.74. The number of hydrogen-bond donors (Lipinski definition) is 1. The number of hydrogen-bond acceptors (Lipinski definition) is 3. The molecule has 2 aromatic rings. The van der Waals surface area contributed by atoms with Gasteiger partial charge in [0.05, 0.1) is 11.4 Å². The number of fused-ring (bicyclic) bond motifs is 1. The molecule has 1 heterocycles. The summed E-state index contributed by atoms with van der Waals surface area (Å²) in [4.78, 5) is 4.18. The van der Waals surface area contributed by atoms with Crippen LogP contribution in [0.5, 0.6) is 0 Å². The summed E-state index contributed by atoms with van der Waals surface area (Å²) in [6.45, 7) is 7.90. The molecule has 1 atom stereocenters. The van der Waals surface area contributed by atoms with E-state index in [4.69, 9.17) is 10.1 Å². The van der Waals surface area contributed by atoms with Crippen molar-refractivity contribution in [2.75, 3.05) is 0 Å². The van der Waals surface area contributed by atoms with Gasteiger partial charge in [0.25, 0.3) is 0 Å². The quantitative estimate of drug-likeness (QED) is 0.551. The highest BCUT2D eigenvalue weighted by Gasteiger charge is 2.21. The van der Waals surface area contributed by atoms with Crippen LogP contribution in [0.25, 0.3) is 11.5 Å². The average Bonchev–Trinajstić information content (AvgIpc) is 2.81. The van der Waals surface area contributed by atoms with Gasteiger partial charge in [0, 0.05) is 17.0 Å². The van der Waals surface area contributed by atoms with Crippen molar-refractivity contribution in [3.63, 3.8) is 0 Å². The Hall–Kier alpha value is -3.98. The molecule has 0 saturated carbocycles. The Labute approximate surface area is 183 Å². The second kappa shape index (κ2) is 9.23. The molecule has 0 saturated heterocycles. The third-order valence-electron chi connectivity index (χ3n) is 5.32. The molecule has 2 aliphatic rings. The number of ether oxygens (including phenoxy) is 1. The lowest BCUT2D eigenvalue weighted by Gasteiger charge is -2.25. The number of rotatable bonds is 5. The van der Waals surface area contributed by atoms with Crippen LogP contribution in [0.2, 0.25) is 0 Å². The molecule has 0 radical (unpaired) electrons. The molecule has 1 unspecified atom stereocenters. The number of allylic oxidation sites excluding steroid dienone is 8. The number of nitrogens with one attached hydrogen (secondary N) is 1. The smallest absolute Gasteiger partial charge is 0.134 e. The van der Waals surface area contributed by atoms with Crippen LogP contribution in [-0.4, -0.2) is 12.4 Å². The van der Waals surface area contributed by atoms with Crippen molar-refractivity contribution >= 4 is 23.9 Å². The van der Waals surface area contributed by atoms with Crippen molar-refractivity contribution in [3.05, 3.63) is 132 Å². The van der Waals surface area contributed by atoms with Crippen LogP contribution in [-0.2, 0) is 4.74 Å². The van der Waals surface area contributed by atoms with E-state index in [1.807, 2.05) is 85.0 Å². The molecule has 1 aliphatic heterocycles. The summed E-state index contributed by atoms with van der Waals surface area (Å²) in [7, 11) is 0. The molecule has 0 bridgehead atoms. The minimum atomic E-state index is 0.157. The van der Waals surface area contributed by atoms with Crippen LogP contribution >= 0.6 is 0 Å². The second-order valence-electron chi connectivity index (χ2n) is 7.40. The molecule has 1 N–H and O–H groups in total. The fourth-order valence-corrected chi connectivity index (χ4v) is 3.63. The van der Waals surface area contributed by atoms with Gasteiger partial charge in [-0.25, -0.2) is 0 Å². The summed E-state index contributed by atoms with van der Waals surface area (Å²) in [5, 5.41) is 8.40. The first-order valence-corrected chi connectivity index (χ1v) is 10.2. The van der Waals surface area contributed by atoms with Gasteiger partial charge in [-0.3, -0.25) is 4.99 Å². The summed E-state index contributed by atoms with van der Waals surface area (Å²) in [5.74, 6) is 1.82. The van der Waals surface area contributed by atoms with Gasteiger partial charge in [0.1, 0.15) is 11.5 Å². The monoisotopic (exact) mass is 404 g/mol. The summed E-state index contributed by atoms with van der Waals surface area (Å²) in [5.41, 5.74) is 4.72. The van der Waals surface area contributed by atoms with Crippen molar-refractivity contribution in [1.29, 1.82) is 5.41 Å². The van der Waals surface area contributed by atoms with Crippen molar-refractivity contribution in [2.24, 2.45) is 10.9 Å². The van der Waals surface area contributed by atoms with E-state index in [-0.39, 0.29) is 5.92 Å². The maximum atomic E-state index is 8.40. The lowest BCUT2D eigenvalue weighted by molar-refractivity contribution is 0.329. The first-order chi connectivity index (χ1) is 15.2. The Morgan fingerprint density at radius 1 is 1.03 bits per heavy atom. The standard InChI is InChI=1S/C28H24N2O/c1-20-10-8-17-27(31-28-16-7-6-15-24(20)28)23-14-9-13-22(18-23)26(30-2)19-25(29)21-11-4-3-5-12-21/h3-14,16-19,24,29H,1-2,15H2/b10-8-,26-19-,27-17-,29-25?. The molecule has 4 rings (SSSR count). The summed E-state index contributed by atoms with van der Waals surface area (Å²) >= 11 is 0. The van der Waals surface area contributed by atoms with E-state index in [2.05, 4.69) is 24.4 Å². The second-order valence-corrected chi connectivity index (χ2v) is 7.40. The summed E-state index contributed by atoms with van der Waals surface area (Å²) < 4.78 is 6.32. The highest BCUT2D eigenvalue weighted by atomic mass is 16.5. The van der Waals surface area contributed by atoms with E-state index in [1.165, 1.54) is 0 Å². The van der Waals surface area contributed by atoms with Gasteiger partial charge >= 0.3 is 0 Å². The Morgan fingerprint density at radius 2 is 1.84 bits per heavy atom. The minimum absolute atomic E-state index is 0.157. The van der Waals surface area contributed by atoms with Crippen LogP contribution in [0.1, 0.15) is 23.1 Å². The van der Waals surface area contributed by atoms with Crippen LogP contribution < -0.4 is 0 Å². The van der Waals surface area contributed by atoms with Crippen molar-refractivity contribution in [3.8, 4) is 0 Å². The van der Waals surface area contributed by atoms with Crippen molar-refractivity contribution in [1.82, 2.24) is 0 Å². The molecule has 0 amide bonds. The third-order valence-corrected chi connectivity index (χ3v) is 5.32. The van der Waals surface area contributed by atoms with Crippen molar-refractivity contribution in [2.45, 2.75) is 6.42 Å². The van der Waals surface area contributed by atoms with E-state index in [0.29, 0.717) is 11.4 Å². The van der Waals surface area contributed by atoms with Crippen LogP contribution in [0, 0.1) is 11.3 Å². The van der Waals surface area contributed by atoms with Gasteiger partial charge in [-0.2, -0.15) is 0 Å². The van der Waals surface area contributed by atoms with Crippen LogP contribution in [0.4, 0.5) is 0 Å². The van der Waals surface area contributed by atoms with Crippen molar-refractivity contribution < 1.29 is 4.74 Å². The first kappa shape index (κ1) is 20.3. The highest BCUT2D eigenvalue weighted by molar-refractivity contribution is 6.10. The topological polar surface area (TPSA) is 45.4 Å². The summed E-state index contributed by atoms with van der Waals surface area (Å²) in [6, 6.07) is 17.6. The molecule has 0 aromatic heterocycles.